The number of guanidine groups is 1. The second-order valence-corrected chi connectivity index (χ2v) is 8.17. The monoisotopic (exact) mass is 488 g/mol. The molecule has 2 aliphatic rings. The number of piperidine rings is 1. The lowest BCUT2D eigenvalue weighted by Gasteiger charge is -2.35. The van der Waals surface area contributed by atoms with Crippen molar-refractivity contribution in [1.82, 2.24) is 24.9 Å². The van der Waals surface area contributed by atoms with E-state index in [9.17, 15) is 0 Å². The van der Waals surface area contributed by atoms with E-state index in [1.165, 1.54) is 37.9 Å². The molecule has 3 rings (SSSR count). The quantitative estimate of drug-likeness (QED) is 0.394. The fourth-order valence-electron chi connectivity index (χ4n) is 4.23. The fraction of sp³-hybridized carbons (Fsp3) is 0.800. The van der Waals surface area contributed by atoms with Crippen molar-refractivity contribution in [2.24, 2.45) is 18.0 Å². The van der Waals surface area contributed by atoms with Gasteiger partial charge < -0.3 is 15.1 Å². The SMILES string of the molecule is CCNC(=NCC1CCCN(C(C)C)C1)N1CCC(c2cnn(C)c2)C1.I. The van der Waals surface area contributed by atoms with Gasteiger partial charge in [-0.3, -0.25) is 9.67 Å². The molecule has 0 spiro atoms. The molecular formula is C20H37IN6. The van der Waals surface area contributed by atoms with E-state index in [0.717, 1.165) is 32.1 Å². The Balaban J connectivity index is 0.00000261. The highest BCUT2D eigenvalue weighted by Crippen LogP contribution is 2.27. The Labute approximate surface area is 181 Å². The minimum atomic E-state index is 0. The van der Waals surface area contributed by atoms with Crippen molar-refractivity contribution in [3.05, 3.63) is 18.0 Å². The molecular weight excluding hydrogens is 451 g/mol. The Bertz CT molecular complexity index is 599. The smallest absolute Gasteiger partial charge is 0.193 e. The Morgan fingerprint density at radius 3 is 2.78 bits per heavy atom. The summed E-state index contributed by atoms with van der Waals surface area (Å²) in [7, 11) is 1.99. The van der Waals surface area contributed by atoms with Gasteiger partial charge in [-0.15, -0.1) is 24.0 Å². The first-order valence-electron chi connectivity index (χ1n) is 10.3. The largest absolute Gasteiger partial charge is 0.357 e. The van der Waals surface area contributed by atoms with Gasteiger partial charge in [0.1, 0.15) is 0 Å². The molecule has 0 amide bonds. The van der Waals surface area contributed by atoms with Crippen LogP contribution in [0, 0.1) is 5.92 Å². The average Bonchev–Trinajstić information content (AvgIpc) is 3.28. The first kappa shape index (κ1) is 22.5. The van der Waals surface area contributed by atoms with Crippen LogP contribution in [0.1, 0.15) is 51.5 Å². The molecule has 2 unspecified atom stereocenters. The second kappa shape index (κ2) is 10.6. The highest BCUT2D eigenvalue weighted by molar-refractivity contribution is 14.0. The third-order valence-corrected chi connectivity index (χ3v) is 5.80. The van der Waals surface area contributed by atoms with Gasteiger partial charge in [0, 0.05) is 57.9 Å². The van der Waals surface area contributed by atoms with Crippen molar-refractivity contribution < 1.29 is 0 Å². The summed E-state index contributed by atoms with van der Waals surface area (Å²) in [5.74, 6) is 2.36. The molecule has 1 N–H and O–H groups in total. The molecule has 154 valence electrons. The van der Waals surface area contributed by atoms with Crippen LogP contribution in [0.3, 0.4) is 0 Å². The fourth-order valence-corrected chi connectivity index (χ4v) is 4.23. The van der Waals surface area contributed by atoms with E-state index in [4.69, 9.17) is 4.99 Å². The summed E-state index contributed by atoms with van der Waals surface area (Å²) in [5, 5.41) is 7.85. The Kier molecular flexibility index (Phi) is 8.85. The summed E-state index contributed by atoms with van der Waals surface area (Å²) < 4.78 is 1.90. The first-order valence-corrected chi connectivity index (χ1v) is 10.3. The standard InChI is InChI=1S/C20H36N6.HI/c1-5-21-20(22-11-17-7-6-9-25(13-17)16(2)3)26-10-8-18(15-26)19-12-23-24(4)14-19;/h12,14,16-18H,5-11,13,15H2,1-4H3,(H,21,22);1H. The number of aliphatic imine (C=N–C) groups is 1. The van der Waals surface area contributed by atoms with Gasteiger partial charge in [0.05, 0.1) is 6.20 Å². The summed E-state index contributed by atoms with van der Waals surface area (Å²) in [6.45, 7) is 13.2. The van der Waals surface area contributed by atoms with Gasteiger partial charge in [-0.2, -0.15) is 5.10 Å². The molecule has 27 heavy (non-hydrogen) atoms. The number of halogens is 1. The van der Waals surface area contributed by atoms with Crippen LogP contribution in [-0.2, 0) is 7.05 Å². The lowest BCUT2D eigenvalue weighted by atomic mass is 9.97. The normalized spacial score (nSPS) is 24.3. The Morgan fingerprint density at radius 1 is 1.30 bits per heavy atom. The van der Waals surface area contributed by atoms with Crippen LogP contribution in [0.15, 0.2) is 17.4 Å². The van der Waals surface area contributed by atoms with Gasteiger partial charge in [-0.05, 0) is 58.1 Å². The van der Waals surface area contributed by atoms with Crippen LogP contribution in [0.5, 0.6) is 0 Å². The van der Waals surface area contributed by atoms with Crippen LogP contribution >= 0.6 is 24.0 Å². The highest BCUT2D eigenvalue weighted by Gasteiger charge is 2.27. The van der Waals surface area contributed by atoms with E-state index in [-0.39, 0.29) is 24.0 Å². The molecule has 6 nitrogen and oxygen atoms in total. The van der Waals surface area contributed by atoms with Crippen molar-refractivity contribution in [1.29, 1.82) is 0 Å². The molecule has 0 radical (unpaired) electrons. The Hall–Kier alpha value is -0.830. The molecule has 1 aromatic heterocycles. The minimum absolute atomic E-state index is 0. The summed E-state index contributed by atoms with van der Waals surface area (Å²) >= 11 is 0. The number of hydrogen-bond donors (Lipinski definition) is 1. The van der Waals surface area contributed by atoms with Crippen LogP contribution in [0.25, 0.3) is 0 Å². The van der Waals surface area contributed by atoms with Crippen LogP contribution in [0.4, 0.5) is 0 Å². The lowest BCUT2D eigenvalue weighted by Crippen LogP contribution is -2.42. The van der Waals surface area contributed by atoms with Gasteiger partial charge in [0.15, 0.2) is 5.96 Å². The zero-order valence-electron chi connectivity index (χ0n) is 17.4. The molecule has 2 aliphatic heterocycles. The summed E-state index contributed by atoms with van der Waals surface area (Å²) in [4.78, 5) is 10.1. The number of aromatic nitrogens is 2. The summed E-state index contributed by atoms with van der Waals surface area (Å²) in [6, 6.07) is 0.647. The predicted molar refractivity (Wildman–Crippen MR) is 123 cm³/mol. The topological polar surface area (TPSA) is 48.7 Å². The first-order chi connectivity index (χ1) is 12.6. The maximum Gasteiger partial charge on any atom is 0.193 e. The number of rotatable bonds is 5. The minimum Gasteiger partial charge on any atom is -0.357 e. The van der Waals surface area contributed by atoms with Crippen molar-refractivity contribution in [3.63, 3.8) is 0 Å². The number of nitrogens with one attached hydrogen (secondary N) is 1. The number of hydrogen-bond acceptors (Lipinski definition) is 3. The molecule has 2 atom stereocenters. The summed E-state index contributed by atoms with van der Waals surface area (Å²) in [6.07, 6.45) is 7.97. The van der Waals surface area contributed by atoms with Crippen molar-refractivity contribution in [2.45, 2.75) is 52.0 Å². The number of nitrogens with zero attached hydrogens (tertiary/aromatic N) is 5. The molecule has 0 bridgehead atoms. The van der Waals surface area contributed by atoms with Crippen molar-refractivity contribution >= 4 is 29.9 Å². The molecule has 0 saturated carbocycles. The van der Waals surface area contributed by atoms with Crippen LogP contribution in [0.2, 0.25) is 0 Å². The van der Waals surface area contributed by atoms with Crippen molar-refractivity contribution in [3.8, 4) is 0 Å². The van der Waals surface area contributed by atoms with E-state index in [1.807, 2.05) is 17.9 Å². The average molecular weight is 488 g/mol. The van der Waals surface area contributed by atoms with Gasteiger partial charge in [-0.1, -0.05) is 0 Å². The van der Waals surface area contributed by atoms with Crippen LogP contribution in [-0.4, -0.2) is 70.9 Å². The zero-order chi connectivity index (χ0) is 18.5. The maximum atomic E-state index is 5.03. The van der Waals surface area contributed by atoms with Crippen molar-refractivity contribution in [2.75, 3.05) is 39.3 Å². The highest BCUT2D eigenvalue weighted by atomic mass is 127. The van der Waals surface area contributed by atoms with Gasteiger partial charge in [0.2, 0.25) is 0 Å². The molecule has 1 aromatic rings. The molecule has 7 heteroatoms. The molecule has 0 aliphatic carbocycles. The van der Waals surface area contributed by atoms with Gasteiger partial charge in [0.25, 0.3) is 0 Å². The molecule has 2 saturated heterocycles. The van der Waals surface area contributed by atoms with Gasteiger partial charge in [-0.25, -0.2) is 0 Å². The predicted octanol–water partition coefficient (Wildman–Crippen LogP) is 2.91. The second-order valence-electron chi connectivity index (χ2n) is 8.17. The van der Waals surface area contributed by atoms with E-state index in [2.05, 4.69) is 47.2 Å². The molecule has 0 aromatic carbocycles. The number of aryl methyl sites for hydroxylation is 1. The summed E-state index contributed by atoms with van der Waals surface area (Å²) in [5.41, 5.74) is 1.35. The third kappa shape index (κ3) is 6.07. The van der Waals surface area contributed by atoms with E-state index >= 15 is 0 Å². The van der Waals surface area contributed by atoms with E-state index < -0.39 is 0 Å². The molecule has 2 fully saturated rings. The number of likely N-dealkylation sites (tertiary alicyclic amines) is 2. The lowest BCUT2D eigenvalue weighted by molar-refractivity contribution is 0.143. The Morgan fingerprint density at radius 2 is 2.11 bits per heavy atom. The van der Waals surface area contributed by atoms with E-state index in [1.54, 1.807) is 0 Å². The zero-order valence-corrected chi connectivity index (χ0v) is 19.7. The maximum absolute atomic E-state index is 5.03. The van der Waals surface area contributed by atoms with E-state index in [0.29, 0.717) is 17.9 Å². The van der Waals surface area contributed by atoms with Crippen LogP contribution < -0.4 is 5.32 Å². The third-order valence-electron chi connectivity index (χ3n) is 5.80. The van der Waals surface area contributed by atoms with Gasteiger partial charge >= 0.3 is 0 Å². The molecule has 3 heterocycles.